The first kappa shape index (κ1) is 14.7. The van der Waals surface area contributed by atoms with Gasteiger partial charge in [-0.3, -0.25) is 4.55 Å². The minimum atomic E-state index is -4.36. The molecule has 0 aromatic carbocycles. The van der Waals surface area contributed by atoms with Crippen molar-refractivity contribution in [3.05, 3.63) is 0 Å². The molecule has 0 radical (unpaired) electrons. The second kappa shape index (κ2) is 6.35. The third kappa shape index (κ3) is 5.00. The highest BCUT2D eigenvalue weighted by atomic mass is 35.5. The lowest BCUT2D eigenvalue weighted by molar-refractivity contribution is 0.352. The molecule has 0 fully saturated rings. The molecular weight excluding hydrogens is 272 g/mol. The molecule has 0 amide bonds. The third-order valence-electron chi connectivity index (χ3n) is 1.62. The number of halogens is 3. The Morgan fingerprint density at radius 2 is 1.93 bits per heavy atom. The van der Waals surface area contributed by atoms with E-state index in [0.717, 1.165) is 0 Å². The summed E-state index contributed by atoms with van der Waals surface area (Å²) in [4.78, 5) is 0. The highest BCUT2D eigenvalue weighted by molar-refractivity contribution is 7.83. The van der Waals surface area contributed by atoms with Gasteiger partial charge in [0.05, 0.1) is 6.00 Å². The first-order valence-corrected chi connectivity index (χ1v) is 6.71. The van der Waals surface area contributed by atoms with E-state index in [9.17, 15) is 8.42 Å². The number of rotatable bonds is 6. The molecule has 0 heterocycles. The SMILES string of the molecule is CCC(Cl)CC(Cl)N(CCl)S(=O)(=O)O. The quantitative estimate of drug-likeness (QED) is 0.462. The molecule has 0 aromatic rings. The van der Waals surface area contributed by atoms with Crippen LogP contribution in [0.3, 0.4) is 0 Å². The summed E-state index contributed by atoms with van der Waals surface area (Å²) in [5.74, 6) is 0. The molecule has 0 spiro atoms. The van der Waals surface area contributed by atoms with Crippen LogP contribution in [0.25, 0.3) is 0 Å². The van der Waals surface area contributed by atoms with Crippen molar-refractivity contribution in [2.75, 3.05) is 6.00 Å². The van der Waals surface area contributed by atoms with Crippen LogP contribution < -0.4 is 0 Å². The third-order valence-corrected chi connectivity index (χ3v) is 4.01. The second-order valence-corrected chi connectivity index (χ2v) is 5.38. The van der Waals surface area contributed by atoms with Crippen molar-refractivity contribution >= 4 is 45.1 Å². The van der Waals surface area contributed by atoms with Crippen LogP contribution in [0.5, 0.6) is 0 Å². The fourth-order valence-corrected chi connectivity index (χ4v) is 2.73. The Morgan fingerprint density at radius 3 is 2.21 bits per heavy atom. The topological polar surface area (TPSA) is 57.6 Å². The van der Waals surface area contributed by atoms with Gasteiger partial charge >= 0.3 is 10.3 Å². The molecule has 14 heavy (non-hydrogen) atoms. The molecule has 2 unspecified atom stereocenters. The van der Waals surface area contributed by atoms with Gasteiger partial charge in [0.1, 0.15) is 5.50 Å². The summed E-state index contributed by atoms with van der Waals surface area (Å²) >= 11 is 16.8. The van der Waals surface area contributed by atoms with Crippen LogP contribution >= 0.6 is 34.8 Å². The summed E-state index contributed by atoms with van der Waals surface area (Å²) in [6, 6.07) is -0.402. The van der Waals surface area contributed by atoms with Gasteiger partial charge in [-0.25, -0.2) is 0 Å². The molecule has 0 saturated carbocycles. The second-order valence-electron chi connectivity index (χ2n) is 2.66. The lowest BCUT2D eigenvalue weighted by Crippen LogP contribution is -2.37. The molecule has 8 heteroatoms. The van der Waals surface area contributed by atoms with Crippen LogP contribution in [-0.4, -0.2) is 34.2 Å². The molecule has 0 aliphatic heterocycles. The van der Waals surface area contributed by atoms with Crippen molar-refractivity contribution in [2.45, 2.75) is 30.6 Å². The fraction of sp³-hybridized carbons (Fsp3) is 1.00. The van der Waals surface area contributed by atoms with Crippen LogP contribution in [0.1, 0.15) is 19.8 Å². The zero-order valence-electron chi connectivity index (χ0n) is 7.53. The molecule has 1 N–H and O–H groups in total. The minimum absolute atomic E-state index is 0.228. The van der Waals surface area contributed by atoms with Gasteiger partial charge in [-0.1, -0.05) is 6.92 Å². The molecule has 0 aromatic heterocycles. The van der Waals surface area contributed by atoms with Gasteiger partial charge in [0, 0.05) is 5.38 Å². The lowest BCUT2D eigenvalue weighted by Gasteiger charge is -2.22. The molecule has 4 nitrogen and oxygen atoms in total. The van der Waals surface area contributed by atoms with Crippen molar-refractivity contribution in [3.63, 3.8) is 0 Å². The van der Waals surface area contributed by atoms with Crippen molar-refractivity contribution in [1.82, 2.24) is 4.31 Å². The maximum Gasteiger partial charge on any atom is 0.338 e. The van der Waals surface area contributed by atoms with Gasteiger partial charge in [-0.05, 0) is 12.8 Å². The number of alkyl halides is 3. The zero-order valence-corrected chi connectivity index (χ0v) is 10.6. The van der Waals surface area contributed by atoms with Crippen LogP contribution in [0.2, 0.25) is 0 Å². The summed E-state index contributed by atoms with van der Waals surface area (Å²) < 4.78 is 30.8. The van der Waals surface area contributed by atoms with Gasteiger partial charge in [0.25, 0.3) is 0 Å². The Kier molecular flexibility index (Phi) is 6.69. The highest BCUT2D eigenvalue weighted by Crippen LogP contribution is 2.20. The van der Waals surface area contributed by atoms with E-state index in [-0.39, 0.29) is 11.8 Å². The van der Waals surface area contributed by atoms with Gasteiger partial charge in [0.2, 0.25) is 0 Å². The maximum absolute atomic E-state index is 10.7. The molecule has 0 aliphatic rings. The summed E-state index contributed by atoms with van der Waals surface area (Å²) in [7, 11) is -4.36. The minimum Gasteiger partial charge on any atom is -0.273 e. The fourth-order valence-electron chi connectivity index (χ4n) is 0.776. The van der Waals surface area contributed by atoms with E-state index in [2.05, 4.69) is 0 Å². The number of hydrogen-bond donors (Lipinski definition) is 1. The van der Waals surface area contributed by atoms with Crippen molar-refractivity contribution in [2.24, 2.45) is 0 Å². The van der Waals surface area contributed by atoms with E-state index < -0.39 is 21.8 Å². The standard InChI is InChI=1S/C6H12Cl3NO3S/c1-2-5(8)3-6(9)10(4-7)14(11,12)13/h5-6H,2-4H2,1H3,(H,11,12,13). The van der Waals surface area contributed by atoms with Gasteiger partial charge in [-0.15, -0.1) is 39.1 Å². The average molecular weight is 285 g/mol. The van der Waals surface area contributed by atoms with Gasteiger partial charge in [-0.2, -0.15) is 8.42 Å². The Bertz CT molecular complexity index is 259. The van der Waals surface area contributed by atoms with Crippen LogP contribution in [0, 0.1) is 0 Å². The normalized spacial score (nSPS) is 17.0. The summed E-state index contributed by atoms with van der Waals surface area (Å²) in [5, 5.41) is -0.245. The first-order valence-electron chi connectivity index (χ1n) is 3.91. The molecular formula is C6H12Cl3NO3S. The molecule has 0 bridgehead atoms. The van der Waals surface area contributed by atoms with E-state index in [1.807, 2.05) is 6.92 Å². The Morgan fingerprint density at radius 1 is 1.43 bits per heavy atom. The maximum atomic E-state index is 10.7. The van der Waals surface area contributed by atoms with Crippen LogP contribution in [0.15, 0.2) is 0 Å². The van der Waals surface area contributed by atoms with Crippen molar-refractivity contribution in [3.8, 4) is 0 Å². The van der Waals surface area contributed by atoms with Crippen LogP contribution in [0.4, 0.5) is 0 Å². The van der Waals surface area contributed by atoms with E-state index in [1.54, 1.807) is 0 Å². The van der Waals surface area contributed by atoms with Crippen LogP contribution in [-0.2, 0) is 10.3 Å². The monoisotopic (exact) mass is 283 g/mol. The predicted octanol–water partition coefficient (Wildman–Crippen LogP) is 2.26. The van der Waals surface area contributed by atoms with E-state index in [0.29, 0.717) is 10.7 Å². The number of nitrogens with zero attached hydrogens (tertiary/aromatic N) is 1. The highest BCUT2D eigenvalue weighted by Gasteiger charge is 2.27. The summed E-state index contributed by atoms with van der Waals surface area (Å²) in [5.41, 5.74) is -0.926. The Hall–Kier alpha value is 0.740. The molecule has 0 aliphatic carbocycles. The summed E-state index contributed by atoms with van der Waals surface area (Å²) in [6.07, 6.45) is 0.887. The van der Waals surface area contributed by atoms with E-state index in [4.69, 9.17) is 39.4 Å². The van der Waals surface area contributed by atoms with Crippen molar-refractivity contribution in [1.29, 1.82) is 0 Å². The molecule has 0 rings (SSSR count). The van der Waals surface area contributed by atoms with E-state index >= 15 is 0 Å². The molecule has 86 valence electrons. The predicted molar refractivity (Wildman–Crippen MR) is 58.3 cm³/mol. The largest absolute Gasteiger partial charge is 0.338 e. The molecule has 2 atom stereocenters. The van der Waals surface area contributed by atoms with Gasteiger partial charge < -0.3 is 0 Å². The van der Waals surface area contributed by atoms with Gasteiger partial charge in [0.15, 0.2) is 0 Å². The van der Waals surface area contributed by atoms with E-state index in [1.165, 1.54) is 0 Å². The number of hydrogen-bond acceptors (Lipinski definition) is 2. The average Bonchev–Trinajstić information content (AvgIpc) is 2.02. The Labute approximate surface area is 99.0 Å². The molecule has 0 saturated heterocycles. The zero-order chi connectivity index (χ0) is 11.4. The Balaban J connectivity index is 4.41. The first-order chi connectivity index (χ1) is 6.32. The summed E-state index contributed by atoms with van der Waals surface area (Å²) in [6.45, 7) is 1.85. The van der Waals surface area contributed by atoms with Crippen molar-refractivity contribution < 1.29 is 13.0 Å². The lowest BCUT2D eigenvalue weighted by atomic mass is 10.2. The smallest absolute Gasteiger partial charge is 0.273 e.